The van der Waals surface area contributed by atoms with Gasteiger partial charge < -0.3 is 19.6 Å². The Labute approximate surface area is 160 Å². The van der Waals surface area contributed by atoms with Crippen molar-refractivity contribution in [1.29, 1.82) is 0 Å². The first-order valence-electron chi connectivity index (χ1n) is 6.05. The third-order valence-electron chi connectivity index (χ3n) is 2.50. The first-order valence-corrected chi connectivity index (χ1v) is 10.1. The molecule has 0 radical (unpaired) electrons. The van der Waals surface area contributed by atoms with Crippen LogP contribution in [0.15, 0.2) is 41.3 Å². The van der Waals surface area contributed by atoms with E-state index in [2.05, 4.69) is 0 Å². The van der Waals surface area contributed by atoms with Gasteiger partial charge >= 0.3 is 29.6 Å². The number of hydrogen-bond donors (Lipinski definition) is 2. The van der Waals surface area contributed by atoms with E-state index in [4.69, 9.17) is 16.3 Å². The van der Waals surface area contributed by atoms with E-state index in [0.717, 1.165) is 22.5 Å². The maximum absolute atomic E-state index is 11.4. The summed E-state index contributed by atoms with van der Waals surface area (Å²) in [4.78, 5) is 10.9. The minimum atomic E-state index is -3.22. The van der Waals surface area contributed by atoms with Gasteiger partial charge in [0.2, 0.25) is 0 Å². The van der Waals surface area contributed by atoms with E-state index >= 15 is 0 Å². The summed E-state index contributed by atoms with van der Waals surface area (Å²) in [5.41, 5.74) is -1.62. The number of aryl methyl sites for hydroxylation is 2. The van der Waals surface area contributed by atoms with Gasteiger partial charge in [0.25, 0.3) is 5.69 Å². The second kappa shape index (κ2) is 8.06. The van der Waals surface area contributed by atoms with Gasteiger partial charge in [-0.1, -0.05) is 6.07 Å². The summed E-state index contributed by atoms with van der Waals surface area (Å²) < 4.78 is 5.41. The maximum Gasteiger partial charge on any atom is 1.00 e. The molecule has 0 amide bonds. The van der Waals surface area contributed by atoms with Crippen molar-refractivity contribution in [1.82, 2.24) is 0 Å². The monoisotopic (exact) mass is 364 g/mol. The van der Waals surface area contributed by atoms with Gasteiger partial charge in [0.05, 0.1) is 0 Å². The molecule has 4 nitrogen and oxygen atoms in total. The average molecular weight is 364 g/mol. The van der Waals surface area contributed by atoms with Gasteiger partial charge in [0, 0.05) is 4.90 Å². The van der Waals surface area contributed by atoms with Gasteiger partial charge in [-0.25, -0.2) is 0 Å². The standard InChI is InChI=1S/C14H15O4PS2.Na/c1-9-3-11(15)7-13(5-9)18-19(17,20)21-14-6-10(2)4-12(16)8-14;/h3-8,15-16H,1-2H3,(H,17,20);/q;+1/p-1. The Morgan fingerprint density at radius 2 is 1.73 bits per heavy atom. The largest absolute Gasteiger partial charge is 1.00 e. The van der Waals surface area contributed by atoms with E-state index in [-0.39, 0.29) is 46.8 Å². The van der Waals surface area contributed by atoms with Crippen molar-refractivity contribution < 1.29 is 49.2 Å². The Morgan fingerprint density at radius 3 is 2.32 bits per heavy atom. The predicted octanol–water partition coefficient (Wildman–Crippen LogP) is 0.475. The predicted molar refractivity (Wildman–Crippen MR) is 86.5 cm³/mol. The molecule has 0 saturated carbocycles. The van der Waals surface area contributed by atoms with E-state index in [0.29, 0.717) is 4.90 Å². The van der Waals surface area contributed by atoms with E-state index in [1.54, 1.807) is 25.1 Å². The first kappa shape index (κ1) is 19.8. The molecule has 1 unspecified atom stereocenters. The molecule has 1 atom stereocenters. The van der Waals surface area contributed by atoms with Gasteiger partial charge in [0.1, 0.15) is 11.5 Å². The minimum Gasteiger partial charge on any atom is -0.872 e. The molecule has 0 saturated heterocycles. The second-order valence-electron chi connectivity index (χ2n) is 4.64. The van der Waals surface area contributed by atoms with Crippen LogP contribution in [-0.2, 0) is 11.8 Å². The molecule has 112 valence electrons. The fraction of sp³-hybridized carbons (Fsp3) is 0.143. The average Bonchev–Trinajstić information content (AvgIpc) is 2.23. The van der Waals surface area contributed by atoms with Gasteiger partial charge in [-0.2, -0.15) is 0 Å². The molecule has 0 spiro atoms. The summed E-state index contributed by atoms with van der Waals surface area (Å²) in [5.74, 6) is 0.165. The van der Waals surface area contributed by atoms with Crippen LogP contribution >= 0.6 is 17.1 Å². The third kappa shape index (κ3) is 6.13. The molecule has 2 aromatic carbocycles. The van der Waals surface area contributed by atoms with Crippen molar-refractivity contribution in [3.63, 3.8) is 0 Å². The van der Waals surface area contributed by atoms with Crippen LogP contribution in [0, 0.1) is 13.8 Å². The molecule has 2 N–H and O–H groups in total. The van der Waals surface area contributed by atoms with E-state index in [1.165, 1.54) is 18.2 Å². The van der Waals surface area contributed by atoms with E-state index < -0.39 is 5.69 Å². The molecule has 0 fully saturated rings. The fourth-order valence-electron chi connectivity index (χ4n) is 1.83. The number of rotatable bonds is 4. The van der Waals surface area contributed by atoms with Crippen LogP contribution in [0.4, 0.5) is 0 Å². The Morgan fingerprint density at radius 1 is 1.09 bits per heavy atom. The summed E-state index contributed by atoms with van der Waals surface area (Å²) >= 11 is 6.08. The van der Waals surface area contributed by atoms with Crippen molar-refractivity contribution in [3.8, 4) is 17.2 Å². The number of hydrogen-bond acceptors (Lipinski definition) is 5. The summed E-state index contributed by atoms with van der Waals surface area (Å²) in [6.45, 7) is 3.59. The maximum atomic E-state index is 11.4. The Balaban J connectivity index is 0.00000242. The Kier molecular flexibility index (Phi) is 7.27. The van der Waals surface area contributed by atoms with Gasteiger partial charge in [-0.05, 0) is 78.5 Å². The zero-order valence-corrected chi connectivity index (χ0v) is 17.0. The van der Waals surface area contributed by atoms with Crippen molar-refractivity contribution >= 4 is 28.9 Å². The molecule has 0 aromatic heterocycles. The Hall–Kier alpha value is -0.200. The molecular weight excluding hydrogens is 350 g/mol. The van der Waals surface area contributed by atoms with Gasteiger partial charge in [-0.15, -0.1) is 5.75 Å². The zero-order chi connectivity index (χ0) is 15.6. The minimum absolute atomic E-state index is 0. The number of phenols is 1. The van der Waals surface area contributed by atoms with Gasteiger partial charge in [0.15, 0.2) is 0 Å². The fourth-order valence-corrected chi connectivity index (χ4v) is 5.44. The quantitative estimate of drug-likeness (QED) is 0.607. The molecular formula is C14H14NaO4PS2. The van der Waals surface area contributed by atoms with Gasteiger partial charge in [-0.3, -0.25) is 0 Å². The van der Waals surface area contributed by atoms with Crippen molar-refractivity contribution in [2.75, 3.05) is 0 Å². The molecule has 0 bridgehead atoms. The molecule has 0 aliphatic carbocycles. The van der Waals surface area contributed by atoms with Crippen LogP contribution in [0.1, 0.15) is 11.1 Å². The topological polar surface area (TPSA) is 72.8 Å². The normalized spacial score (nSPS) is 13.0. The van der Waals surface area contributed by atoms with E-state index in [1.807, 2.05) is 6.92 Å². The van der Waals surface area contributed by atoms with Crippen LogP contribution in [-0.4, -0.2) is 10.00 Å². The molecule has 0 heterocycles. The van der Waals surface area contributed by atoms with Crippen molar-refractivity contribution in [3.05, 3.63) is 47.5 Å². The van der Waals surface area contributed by atoms with Crippen LogP contribution < -0.4 is 39.2 Å². The van der Waals surface area contributed by atoms with Crippen molar-refractivity contribution in [2.45, 2.75) is 18.7 Å². The van der Waals surface area contributed by atoms with Crippen molar-refractivity contribution in [2.24, 2.45) is 0 Å². The smallest absolute Gasteiger partial charge is 0.872 e. The number of phenolic OH excluding ortho intramolecular Hbond substituents is 1. The van der Waals surface area contributed by atoms with Crippen LogP contribution in [0.2, 0.25) is 0 Å². The third-order valence-corrected chi connectivity index (χ3v) is 6.06. The van der Waals surface area contributed by atoms with Crippen LogP contribution in [0.5, 0.6) is 17.2 Å². The second-order valence-corrected chi connectivity index (χ2v) is 10.6. The molecule has 0 aliphatic rings. The first-order chi connectivity index (χ1) is 9.73. The zero-order valence-electron chi connectivity index (χ0n) is 12.4. The van der Waals surface area contributed by atoms with Crippen LogP contribution in [0.3, 0.4) is 0 Å². The molecule has 0 aliphatic heterocycles. The molecule has 8 heteroatoms. The summed E-state index contributed by atoms with van der Waals surface area (Å²) in [7, 11) is 0. The number of benzene rings is 2. The van der Waals surface area contributed by atoms with E-state index in [9.17, 15) is 15.1 Å². The molecule has 22 heavy (non-hydrogen) atoms. The molecule has 2 aromatic rings. The molecule has 2 rings (SSSR count). The number of aromatic hydroxyl groups is 1. The summed E-state index contributed by atoms with van der Waals surface area (Å²) in [6, 6.07) is 9.31. The summed E-state index contributed by atoms with van der Waals surface area (Å²) in [6.07, 6.45) is 0. The SMILES string of the molecule is Cc1cc([O-])cc(OP(O)(=S)Sc2cc(C)cc(O)c2)c1.[Na+]. The Bertz CT molecular complexity index is 626. The van der Waals surface area contributed by atoms with Crippen LogP contribution in [0.25, 0.3) is 0 Å². The summed E-state index contributed by atoms with van der Waals surface area (Å²) in [5, 5.41) is 21.0.